The van der Waals surface area contributed by atoms with Crippen molar-refractivity contribution < 1.29 is 14.0 Å². The minimum Gasteiger partial charge on any atom is -0.408 e. The third-order valence-corrected chi connectivity index (χ3v) is 4.82. The second-order valence-corrected chi connectivity index (χ2v) is 6.52. The van der Waals surface area contributed by atoms with Crippen LogP contribution < -0.4 is 16.0 Å². The van der Waals surface area contributed by atoms with Gasteiger partial charge < -0.3 is 14.6 Å². The summed E-state index contributed by atoms with van der Waals surface area (Å²) in [7, 11) is 0. The number of carbonyl (C=O) groups excluding carboxylic acids is 2. The molecule has 7 heteroatoms. The molecular formula is C20H19N3O4. The Kier molecular flexibility index (Phi) is 4.27. The van der Waals surface area contributed by atoms with E-state index < -0.39 is 11.7 Å². The number of aromatic nitrogens is 1. The van der Waals surface area contributed by atoms with Crippen LogP contribution in [0.3, 0.4) is 0 Å². The number of fused-ring (bicyclic) bond motifs is 1. The van der Waals surface area contributed by atoms with Crippen molar-refractivity contribution in [3.63, 3.8) is 0 Å². The van der Waals surface area contributed by atoms with Crippen LogP contribution >= 0.6 is 0 Å². The number of carbonyl (C=O) groups is 2. The lowest BCUT2D eigenvalue weighted by Crippen LogP contribution is -2.28. The smallest absolute Gasteiger partial charge is 0.408 e. The topological polar surface area (TPSA) is 84.5 Å². The molecule has 1 saturated heterocycles. The van der Waals surface area contributed by atoms with Crippen LogP contribution in [0.25, 0.3) is 11.1 Å². The van der Waals surface area contributed by atoms with E-state index in [0.717, 1.165) is 5.69 Å². The van der Waals surface area contributed by atoms with E-state index >= 15 is 0 Å². The molecule has 0 bridgehead atoms. The van der Waals surface area contributed by atoms with Gasteiger partial charge in [-0.1, -0.05) is 18.2 Å². The van der Waals surface area contributed by atoms with Crippen molar-refractivity contribution in [1.82, 2.24) is 4.57 Å². The number of aryl methyl sites for hydroxylation is 1. The van der Waals surface area contributed by atoms with Crippen LogP contribution in [0.2, 0.25) is 0 Å². The molecule has 1 aliphatic rings. The van der Waals surface area contributed by atoms with E-state index in [4.69, 9.17) is 4.42 Å². The summed E-state index contributed by atoms with van der Waals surface area (Å²) in [4.78, 5) is 38.3. The van der Waals surface area contributed by atoms with Gasteiger partial charge in [-0.3, -0.25) is 14.2 Å². The van der Waals surface area contributed by atoms with Crippen LogP contribution in [0.4, 0.5) is 11.4 Å². The normalized spacial score (nSPS) is 16.9. The fourth-order valence-electron chi connectivity index (χ4n) is 3.43. The van der Waals surface area contributed by atoms with Crippen LogP contribution in [0.1, 0.15) is 13.3 Å². The highest BCUT2D eigenvalue weighted by Crippen LogP contribution is 2.26. The number of hydrogen-bond acceptors (Lipinski definition) is 4. The van der Waals surface area contributed by atoms with Gasteiger partial charge in [-0.25, -0.2) is 4.79 Å². The molecular weight excluding hydrogens is 346 g/mol. The second kappa shape index (κ2) is 6.75. The molecule has 1 aliphatic heterocycles. The Labute approximate surface area is 155 Å². The van der Waals surface area contributed by atoms with Gasteiger partial charge in [0.15, 0.2) is 5.58 Å². The van der Waals surface area contributed by atoms with Gasteiger partial charge in [-0.2, -0.15) is 0 Å². The molecule has 3 aromatic rings. The molecule has 1 fully saturated rings. The van der Waals surface area contributed by atoms with Crippen LogP contribution in [0, 0.1) is 5.92 Å². The Bertz CT molecular complexity index is 1070. The zero-order chi connectivity index (χ0) is 19.0. The summed E-state index contributed by atoms with van der Waals surface area (Å²) in [6.45, 7) is 2.72. The van der Waals surface area contributed by atoms with Crippen molar-refractivity contribution in [2.24, 2.45) is 5.92 Å². The molecule has 1 N–H and O–H groups in total. The first-order valence-corrected chi connectivity index (χ1v) is 8.86. The molecule has 138 valence electrons. The Hall–Kier alpha value is -3.35. The highest BCUT2D eigenvalue weighted by atomic mass is 16.4. The summed E-state index contributed by atoms with van der Waals surface area (Å²) in [5.74, 6) is -1.14. The van der Waals surface area contributed by atoms with E-state index in [9.17, 15) is 14.4 Å². The molecule has 0 aliphatic carbocycles. The van der Waals surface area contributed by atoms with Gasteiger partial charge in [-0.15, -0.1) is 0 Å². The van der Waals surface area contributed by atoms with Gasteiger partial charge >= 0.3 is 5.76 Å². The van der Waals surface area contributed by atoms with Crippen molar-refractivity contribution in [2.45, 2.75) is 19.9 Å². The Morgan fingerprint density at radius 2 is 1.96 bits per heavy atom. The second-order valence-electron chi connectivity index (χ2n) is 6.52. The van der Waals surface area contributed by atoms with E-state index in [0.29, 0.717) is 29.9 Å². The van der Waals surface area contributed by atoms with Crippen molar-refractivity contribution >= 4 is 34.3 Å². The summed E-state index contributed by atoms with van der Waals surface area (Å²) in [5.41, 5.74) is 2.44. The van der Waals surface area contributed by atoms with Gasteiger partial charge in [0.25, 0.3) is 0 Å². The lowest BCUT2D eigenvalue weighted by molar-refractivity contribution is -0.122. The predicted octanol–water partition coefficient (Wildman–Crippen LogP) is 2.61. The zero-order valence-electron chi connectivity index (χ0n) is 14.8. The standard InChI is InChI=1S/C20H19N3O4/c1-2-22-16-9-8-14(11-17(16)27-20(22)26)21-19(25)13-10-18(24)23(12-13)15-6-4-3-5-7-15/h3-9,11,13H,2,10,12H2,1H3,(H,21,25)/t13-/m1/s1. The SMILES string of the molecule is CCn1c(=O)oc2cc(NC(=O)[C@@H]3CC(=O)N(c4ccccc4)C3)ccc21. The van der Waals surface area contributed by atoms with E-state index in [1.807, 2.05) is 37.3 Å². The first kappa shape index (κ1) is 17.1. The Morgan fingerprint density at radius 1 is 1.19 bits per heavy atom. The van der Waals surface area contributed by atoms with Crippen molar-refractivity contribution in [2.75, 3.05) is 16.8 Å². The first-order valence-electron chi connectivity index (χ1n) is 8.86. The number of oxazole rings is 1. The molecule has 1 aromatic heterocycles. The predicted molar refractivity (Wildman–Crippen MR) is 102 cm³/mol. The largest absolute Gasteiger partial charge is 0.419 e. The number of para-hydroxylation sites is 1. The minimum atomic E-state index is -0.430. The molecule has 1 atom stereocenters. The molecule has 2 amide bonds. The number of anilines is 2. The molecule has 0 spiro atoms. The Morgan fingerprint density at radius 3 is 2.70 bits per heavy atom. The maximum absolute atomic E-state index is 12.6. The molecule has 7 nitrogen and oxygen atoms in total. The summed E-state index contributed by atoms with van der Waals surface area (Å²) in [5, 5.41) is 2.83. The van der Waals surface area contributed by atoms with Gasteiger partial charge in [0.1, 0.15) is 0 Å². The first-order chi connectivity index (χ1) is 13.1. The number of nitrogens with one attached hydrogen (secondary N) is 1. The van der Waals surface area contributed by atoms with Gasteiger partial charge in [0, 0.05) is 37.0 Å². The van der Waals surface area contributed by atoms with Crippen LogP contribution in [0.15, 0.2) is 57.7 Å². The van der Waals surface area contributed by atoms with Gasteiger partial charge in [0.2, 0.25) is 11.8 Å². The zero-order valence-corrected chi connectivity index (χ0v) is 14.8. The fraction of sp³-hybridized carbons (Fsp3) is 0.250. The summed E-state index contributed by atoms with van der Waals surface area (Å²) in [6, 6.07) is 14.4. The maximum Gasteiger partial charge on any atom is 0.419 e. The quantitative estimate of drug-likeness (QED) is 0.770. The number of rotatable bonds is 4. The average molecular weight is 365 g/mol. The minimum absolute atomic E-state index is 0.0668. The van der Waals surface area contributed by atoms with Gasteiger partial charge in [0.05, 0.1) is 11.4 Å². The van der Waals surface area contributed by atoms with Crippen LogP contribution in [0.5, 0.6) is 0 Å². The number of nitrogens with zero attached hydrogens (tertiary/aromatic N) is 2. The van der Waals surface area contributed by atoms with Crippen molar-refractivity contribution in [3.05, 3.63) is 59.1 Å². The lowest BCUT2D eigenvalue weighted by Gasteiger charge is -2.16. The summed E-state index contributed by atoms with van der Waals surface area (Å²) in [6.07, 6.45) is 0.171. The molecule has 0 unspecified atom stereocenters. The summed E-state index contributed by atoms with van der Waals surface area (Å²) < 4.78 is 6.75. The summed E-state index contributed by atoms with van der Waals surface area (Å²) >= 11 is 0. The molecule has 4 rings (SSSR count). The fourth-order valence-corrected chi connectivity index (χ4v) is 3.43. The van der Waals surface area contributed by atoms with Crippen molar-refractivity contribution in [1.29, 1.82) is 0 Å². The molecule has 27 heavy (non-hydrogen) atoms. The van der Waals surface area contributed by atoms with Gasteiger partial charge in [-0.05, 0) is 31.2 Å². The lowest BCUT2D eigenvalue weighted by atomic mass is 10.1. The van der Waals surface area contributed by atoms with Crippen LogP contribution in [-0.4, -0.2) is 22.9 Å². The van der Waals surface area contributed by atoms with E-state index in [-0.39, 0.29) is 18.2 Å². The van der Waals surface area contributed by atoms with Crippen LogP contribution in [-0.2, 0) is 16.1 Å². The molecule has 2 heterocycles. The molecule has 0 radical (unpaired) electrons. The highest BCUT2D eigenvalue weighted by molar-refractivity contribution is 6.03. The molecule has 0 saturated carbocycles. The molecule has 2 aromatic carbocycles. The number of benzene rings is 2. The number of amides is 2. The van der Waals surface area contributed by atoms with E-state index in [1.54, 1.807) is 23.1 Å². The third kappa shape index (κ3) is 3.12. The highest BCUT2D eigenvalue weighted by Gasteiger charge is 2.35. The number of hydrogen-bond donors (Lipinski definition) is 1. The third-order valence-electron chi connectivity index (χ3n) is 4.82. The monoisotopic (exact) mass is 365 g/mol. The van der Waals surface area contributed by atoms with E-state index in [1.165, 1.54) is 4.57 Å². The Balaban J connectivity index is 1.50. The average Bonchev–Trinajstić information content (AvgIpc) is 3.21. The van der Waals surface area contributed by atoms with Crippen molar-refractivity contribution in [3.8, 4) is 0 Å². The maximum atomic E-state index is 12.6. The van der Waals surface area contributed by atoms with E-state index in [2.05, 4.69) is 5.32 Å².